The maximum Gasteiger partial charge on any atom is 0.327 e. The van der Waals surface area contributed by atoms with Crippen LogP contribution in [-0.4, -0.2) is 44.5 Å². The molecule has 0 saturated heterocycles. The van der Waals surface area contributed by atoms with Crippen molar-refractivity contribution < 1.29 is 19.5 Å². The lowest BCUT2D eigenvalue weighted by Gasteiger charge is -2.22. The Labute approximate surface area is 170 Å². The number of amides is 1. The number of rotatable bonds is 10. The van der Waals surface area contributed by atoms with Crippen LogP contribution in [0.2, 0.25) is 0 Å². The van der Waals surface area contributed by atoms with Crippen LogP contribution in [0.25, 0.3) is 0 Å². The van der Waals surface area contributed by atoms with Gasteiger partial charge in [0.15, 0.2) is 0 Å². The second kappa shape index (κ2) is 10.5. The van der Waals surface area contributed by atoms with Gasteiger partial charge in [-0.2, -0.15) is 0 Å². The fourth-order valence-electron chi connectivity index (χ4n) is 2.94. The quantitative estimate of drug-likeness (QED) is 0.564. The van der Waals surface area contributed by atoms with Crippen LogP contribution in [0.4, 0.5) is 4.79 Å². The van der Waals surface area contributed by atoms with Gasteiger partial charge in [0, 0.05) is 19.2 Å². The van der Waals surface area contributed by atoms with Crippen LogP contribution < -0.4 is 10.6 Å². The number of ketones is 1. The molecule has 2 rings (SSSR count). The third-order valence-electron chi connectivity index (χ3n) is 4.47. The summed E-state index contributed by atoms with van der Waals surface area (Å²) >= 11 is 0. The summed E-state index contributed by atoms with van der Waals surface area (Å²) in [6.07, 6.45) is 3.47. The first-order valence-electron chi connectivity index (χ1n) is 9.60. The molecule has 8 heteroatoms. The van der Waals surface area contributed by atoms with Gasteiger partial charge in [-0.1, -0.05) is 44.2 Å². The number of imidazole rings is 1. The molecule has 0 saturated carbocycles. The van der Waals surface area contributed by atoms with E-state index in [0.29, 0.717) is 18.7 Å². The van der Waals surface area contributed by atoms with Crippen LogP contribution in [0.3, 0.4) is 0 Å². The molecule has 0 aliphatic heterocycles. The molecule has 8 nitrogen and oxygen atoms in total. The van der Waals surface area contributed by atoms with Gasteiger partial charge in [0.2, 0.25) is 0 Å². The second-order valence-electron chi connectivity index (χ2n) is 7.47. The zero-order valence-corrected chi connectivity index (χ0v) is 17.0. The highest BCUT2D eigenvalue weighted by atomic mass is 16.4. The average Bonchev–Trinajstić information content (AvgIpc) is 3.14. The van der Waals surface area contributed by atoms with Crippen LogP contribution in [0.1, 0.15) is 38.4 Å². The van der Waals surface area contributed by atoms with E-state index in [2.05, 4.69) is 15.6 Å². The molecule has 0 aliphatic rings. The molecule has 2 aromatic rings. The van der Waals surface area contributed by atoms with Crippen molar-refractivity contribution in [3.05, 3.63) is 54.1 Å². The zero-order valence-electron chi connectivity index (χ0n) is 17.0. The number of carbonyl (C=O) groups is 3. The number of aromatic nitrogens is 2. The third-order valence-corrected chi connectivity index (χ3v) is 4.47. The summed E-state index contributed by atoms with van der Waals surface area (Å²) in [5, 5.41) is 15.2. The predicted molar refractivity (Wildman–Crippen MR) is 108 cm³/mol. The third kappa shape index (κ3) is 7.15. The van der Waals surface area contributed by atoms with Crippen molar-refractivity contribution >= 4 is 17.8 Å². The van der Waals surface area contributed by atoms with Gasteiger partial charge in [0.25, 0.3) is 0 Å². The Hall–Kier alpha value is -3.00. The van der Waals surface area contributed by atoms with Gasteiger partial charge in [-0.25, -0.2) is 9.78 Å². The molecule has 1 aromatic heterocycles. The van der Waals surface area contributed by atoms with Crippen molar-refractivity contribution in [2.75, 3.05) is 0 Å². The minimum absolute atomic E-state index is 0.0656. The Morgan fingerprint density at radius 2 is 1.83 bits per heavy atom. The molecule has 1 unspecified atom stereocenters. The van der Waals surface area contributed by atoms with Gasteiger partial charge in [0.1, 0.15) is 18.2 Å². The predicted octanol–water partition coefficient (Wildman–Crippen LogP) is 2.23. The van der Waals surface area contributed by atoms with E-state index in [9.17, 15) is 19.5 Å². The number of benzene rings is 1. The highest BCUT2D eigenvalue weighted by molar-refractivity contribution is 5.83. The molecule has 0 spiro atoms. The molecule has 1 heterocycles. The lowest BCUT2D eigenvalue weighted by atomic mass is 9.99. The molecule has 1 aromatic carbocycles. The first-order chi connectivity index (χ1) is 13.8. The molecule has 3 N–H and O–H groups in total. The lowest BCUT2D eigenvalue weighted by Crippen LogP contribution is -2.48. The fraction of sp³-hybridized carbons (Fsp3) is 0.429. The van der Waals surface area contributed by atoms with Gasteiger partial charge in [-0.15, -0.1) is 0 Å². The van der Waals surface area contributed by atoms with E-state index in [4.69, 9.17) is 0 Å². The first kappa shape index (κ1) is 22.3. The standard InChI is InChI=1S/C21H28N4O4/c1-14(2)9-18(15(3)26)24-19(20(27)28)10-17-12-25(13-23-17)21(29)22-11-16-7-5-4-6-8-16/h4-8,12-14,18-19,24H,9-11H2,1-3H3,(H,22,29)(H,27,28)/t18?,19-/m0/s1. The van der Waals surface area contributed by atoms with Gasteiger partial charge in [-0.05, 0) is 24.8 Å². The van der Waals surface area contributed by atoms with E-state index in [1.165, 1.54) is 24.0 Å². The first-order valence-corrected chi connectivity index (χ1v) is 9.60. The number of Topliss-reactive ketones (excluding diaryl/α,β-unsaturated/α-hetero) is 1. The molecular formula is C21H28N4O4. The number of hydrogen-bond acceptors (Lipinski definition) is 5. The van der Waals surface area contributed by atoms with E-state index in [1.54, 1.807) is 0 Å². The summed E-state index contributed by atoms with van der Waals surface area (Å²) in [4.78, 5) is 39.9. The molecule has 29 heavy (non-hydrogen) atoms. The minimum atomic E-state index is -1.07. The maximum atomic E-state index is 12.3. The highest BCUT2D eigenvalue weighted by Crippen LogP contribution is 2.09. The normalized spacial score (nSPS) is 13.1. The number of aliphatic carboxylic acids is 1. The Morgan fingerprint density at radius 3 is 2.41 bits per heavy atom. The van der Waals surface area contributed by atoms with E-state index < -0.39 is 18.1 Å². The summed E-state index contributed by atoms with van der Waals surface area (Å²) in [7, 11) is 0. The lowest BCUT2D eigenvalue weighted by molar-refractivity contribution is -0.139. The van der Waals surface area contributed by atoms with Crippen molar-refractivity contribution in [1.82, 2.24) is 20.2 Å². The zero-order chi connectivity index (χ0) is 21.4. The molecule has 0 bridgehead atoms. The summed E-state index contributed by atoms with van der Waals surface area (Å²) in [6, 6.07) is 7.64. The van der Waals surface area contributed by atoms with E-state index in [-0.39, 0.29) is 24.2 Å². The van der Waals surface area contributed by atoms with Crippen molar-refractivity contribution in [3.63, 3.8) is 0 Å². The summed E-state index contributed by atoms with van der Waals surface area (Å²) in [5.41, 5.74) is 1.42. The monoisotopic (exact) mass is 400 g/mol. The number of carbonyl (C=O) groups excluding carboxylic acids is 2. The number of carboxylic acids is 1. The Bertz CT molecular complexity index is 832. The van der Waals surface area contributed by atoms with Crippen LogP contribution in [0, 0.1) is 5.92 Å². The van der Waals surface area contributed by atoms with Gasteiger partial charge in [0.05, 0.1) is 11.7 Å². The molecule has 156 valence electrons. The van der Waals surface area contributed by atoms with Gasteiger partial charge >= 0.3 is 12.0 Å². The summed E-state index contributed by atoms with van der Waals surface area (Å²) in [6.45, 7) is 5.78. The average molecular weight is 400 g/mol. The highest BCUT2D eigenvalue weighted by Gasteiger charge is 2.26. The van der Waals surface area contributed by atoms with E-state index in [1.807, 2.05) is 44.2 Å². The van der Waals surface area contributed by atoms with Crippen molar-refractivity contribution in [3.8, 4) is 0 Å². The molecule has 0 aliphatic carbocycles. The molecule has 2 atom stereocenters. The van der Waals surface area contributed by atoms with Crippen molar-refractivity contribution in [1.29, 1.82) is 0 Å². The summed E-state index contributed by atoms with van der Waals surface area (Å²) in [5.74, 6) is -0.919. The topological polar surface area (TPSA) is 113 Å². The second-order valence-corrected chi connectivity index (χ2v) is 7.47. The van der Waals surface area contributed by atoms with Crippen LogP contribution >= 0.6 is 0 Å². The Kier molecular flexibility index (Phi) is 8.09. The van der Waals surface area contributed by atoms with Crippen molar-refractivity contribution in [2.45, 2.75) is 52.2 Å². The Morgan fingerprint density at radius 1 is 1.14 bits per heavy atom. The van der Waals surface area contributed by atoms with Crippen LogP contribution in [0.5, 0.6) is 0 Å². The molecule has 0 fully saturated rings. The molecule has 0 radical (unpaired) electrons. The van der Waals surface area contributed by atoms with Crippen LogP contribution in [0.15, 0.2) is 42.9 Å². The van der Waals surface area contributed by atoms with Crippen molar-refractivity contribution in [2.24, 2.45) is 5.92 Å². The van der Waals surface area contributed by atoms with E-state index >= 15 is 0 Å². The molecular weight excluding hydrogens is 372 g/mol. The van der Waals surface area contributed by atoms with Gasteiger partial charge < -0.3 is 10.4 Å². The fourth-order valence-corrected chi connectivity index (χ4v) is 2.94. The number of nitrogens with one attached hydrogen (secondary N) is 2. The number of nitrogens with zero attached hydrogens (tertiary/aromatic N) is 2. The largest absolute Gasteiger partial charge is 0.480 e. The maximum absolute atomic E-state index is 12.3. The van der Waals surface area contributed by atoms with E-state index in [0.717, 1.165) is 5.56 Å². The van der Waals surface area contributed by atoms with Crippen LogP contribution in [-0.2, 0) is 22.6 Å². The Balaban J connectivity index is 1.98. The minimum Gasteiger partial charge on any atom is -0.480 e. The SMILES string of the molecule is CC(=O)C(CC(C)C)N[C@@H](Cc1cn(C(=O)NCc2ccccc2)cn1)C(=O)O. The molecule has 1 amide bonds. The summed E-state index contributed by atoms with van der Waals surface area (Å²) < 4.78 is 1.29. The number of hydrogen-bond donors (Lipinski definition) is 3. The van der Waals surface area contributed by atoms with Gasteiger partial charge in [-0.3, -0.25) is 19.5 Å². The smallest absolute Gasteiger partial charge is 0.327 e. The number of carboxylic acid groups (broad SMARTS) is 1.